The van der Waals surface area contributed by atoms with Crippen molar-refractivity contribution in [1.29, 1.82) is 5.26 Å². The maximum Gasteiger partial charge on any atom is 0.140 e. The van der Waals surface area contributed by atoms with Crippen LogP contribution >= 0.6 is 15.9 Å². The van der Waals surface area contributed by atoms with Gasteiger partial charge >= 0.3 is 0 Å². The fourth-order valence-corrected chi connectivity index (χ4v) is 1.85. The molecule has 0 amide bonds. The second-order valence-corrected chi connectivity index (χ2v) is 4.68. The normalized spacial score (nSPS) is 11.6. The van der Waals surface area contributed by atoms with Gasteiger partial charge < -0.3 is 5.32 Å². The molecule has 0 aliphatic heterocycles. The highest BCUT2D eigenvalue weighted by molar-refractivity contribution is 9.10. The number of nitrogens with one attached hydrogen (secondary N) is 1. The van der Waals surface area contributed by atoms with Gasteiger partial charge in [-0.05, 0) is 42.0 Å². The highest BCUT2D eigenvalue weighted by atomic mass is 79.9. The highest BCUT2D eigenvalue weighted by Gasteiger charge is 2.10. The molecule has 0 radical (unpaired) electrons. The topological polar surface area (TPSA) is 35.8 Å². The van der Waals surface area contributed by atoms with E-state index in [9.17, 15) is 4.39 Å². The molecule has 0 fully saturated rings. The summed E-state index contributed by atoms with van der Waals surface area (Å²) in [7, 11) is 0. The maximum absolute atomic E-state index is 13.1. The van der Waals surface area contributed by atoms with Crippen LogP contribution in [0.1, 0.15) is 11.6 Å². The van der Waals surface area contributed by atoms with E-state index in [4.69, 9.17) is 5.26 Å². The second-order valence-electron chi connectivity index (χ2n) is 3.77. The van der Waals surface area contributed by atoms with Crippen LogP contribution in [0.5, 0.6) is 0 Å². The van der Waals surface area contributed by atoms with Crippen LogP contribution in [0.25, 0.3) is 0 Å². The van der Waals surface area contributed by atoms with E-state index in [0.717, 1.165) is 10.2 Å². The number of hydrogen-bond donors (Lipinski definition) is 1. The molecule has 2 aromatic rings. The molecule has 90 valence electrons. The Bertz CT molecular complexity index is 575. The molecular formula is C14H10BrFN2. The van der Waals surface area contributed by atoms with E-state index >= 15 is 0 Å². The minimum atomic E-state index is -0.568. The number of nitrogens with zero attached hydrogens (tertiary/aromatic N) is 1. The molecule has 2 nitrogen and oxygen atoms in total. The van der Waals surface area contributed by atoms with Gasteiger partial charge in [-0.2, -0.15) is 5.26 Å². The Morgan fingerprint density at radius 3 is 2.50 bits per heavy atom. The Morgan fingerprint density at radius 1 is 1.17 bits per heavy atom. The maximum atomic E-state index is 13.1. The van der Waals surface area contributed by atoms with Gasteiger partial charge in [0.25, 0.3) is 0 Å². The third-order valence-electron chi connectivity index (χ3n) is 2.47. The molecule has 0 aromatic heterocycles. The van der Waals surface area contributed by atoms with Gasteiger partial charge in [0, 0.05) is 10.2 Å². The molecular weight excluding hydrogens is 295 g/mol. The van der Waals surface area contributed by atoms with Crippen LogP contribution in [-0.2, 0) is 0 Å². The van der Waals surface area contributed by atoms with Crippen LogP contribution in [0.2, 0.25) is 0 Å². The van der Waals surface area contributed by atoms with Crippen LogP contribution in [-0.4, -0.2) is 0 Å². The molecule has 0 heterocycles. The summed E-state index contributed by atoms with van der Waals surface area (Å²) in [5.41, 5.74) is 1.43. The minimum Gasteiger partial charge on any atom is -0.366 e. The standard InChI is InChI=1S/C14H10BrFN2/c15-11-4-6-13(7-5-11)18-14(9-17)10-2-1-3-12(16)8-10/h1-8,14,18H. The Kier molecular flexibility index (Phi) is 3.96. The number of benzene rings is 2. The molecule has 0 saturated heterocycles. The van der Waals surface area contributed by atoms with Crippen molar-refractivity contribution in [3.05, 3.63) is 64.4 Å². The summed E-state index contributed by atoms with van der Waals surface area (Å²) in [6.45, 7) is 0. The molecule has 0 spiro atoms. The predicted octanol–water partition coefficient (Wildman–Crippen LogP) is 4.26. The lowest BCUT2D eigenvalue weighted by Gasteiger charge is -2.13. The van der Waals surface area contributed by atoms with Gasteiger partial charge in [0.2, 0.25) is 0 Å². The number of nitriles is 1. The minimum absolute atomic E-state index is 0.342. The van der Waals surface area contributed by atoms with Crippen LogP contribution in [0.4, 0.5) is 10.1 Å². The number of halogens is 2. The van der Waals surface area contributed by atoms with E-state index in [1.165, 1.54) is 12.1 Å². The highest BCUT2D eigenvalue weighted by Crippen LogP contribution is 2.21. The number of rotatable bonds is 3. The zero-order valence-corrected chi connectivity index (χ0v) is 11.0. The Labute approximate surface area is 113 Å². The van der Waals surface area contributed by atoms with Crippen molar-refractivity contribution in [3.63, 3.8) is 0 Å². The van der Waals surface area contributed by atoms with Crippen LogP contribution < -0.4 is 5.32 Å². The third-order valence-corrected chi connectivity index (χ3v) is 2.99. The van der Waals surface area contributed by atoms with Crippen molar-refractivity contribution in [2.45, 2.75) is 6.04 Å². The summed E-state index contributed by atoms with van der Waals surface area (Å²) in [5, 5.41) is 12.2. The first-order valence-electron chi connectivity index (χ1n) is 5.36. The Hall–Kier alpha value is -1.86. The fraction of sp³-hybridized carbons (Fsp3) is 0.0714. The zero-order valence-electron chi connectivity index (χ0n) is 9.40. The average molecular weight is 305 g/mol. The first-order valence-corrected chi connectivity index (χ1v) is 6.15. The Morgan fingerprint density at radius 2 is 1.89 bits per heavy atom. The predicted molar refractivity (Wildman–Crippen MR) is 72.5 cm³/mol. The summed E-state index contributed by atoms with van der Waals surface area (Å²) >= 11 is 3.34. The first kappa shape index (κ1) is 12.6. The molecule has 0 aliphatic rings. The molecule has 4 heteroatoms. The third kappa shape index (κ3) is 3.08. The van der Waals surface area contributed by atoms with E-state index in [2.05, 4.69) is 27.3 Å². The molecule has 1 N–H and O–H groups in total. The zero-order chi connectivity index (χ0) is 13.0. The SMILES string of the molecule is N#CC(Nc1ccc(Br)cc1)c1cccc(F)c1. The molecule has 0 aliphatic carbocycles. The van der Waals surface area contributed by atoms with E-state index in [-0.39, 0.29) is 5.82 Å². The van der Waals surface area contributed by atoms with Crippen molar-refractivity contribution in [2.24, 2.45) is 0 Å². The number of anilines is 1. The molecule has 1 atom stereocenters. The van der Waals surface area contributed by atoms with Crippen molar-refractivity contribution in [3.8, 4) is 6.07 Å². The molecule has 2 rings (SSSR count). The summed E-state index contributed by atoms with van der Waals surface area (Å²) in [4.78, 5) is 0. The molecule has 0 saturated carbocycles. The Balaban J connectivity index is 2.20. The van der Waals surface area contributed by atoms with Crippen LogP contribution in [0.3, 0.4) is 0 Å². The monoisotopic (exact) mass is 304 g/mol. The summed E-state index contributed by atoms with van der Waals surface area (Å²) in [6.07, 6.45) is 0. The van der Waals surface area contributed by atoms with Gasteiger partial charge in [0.1, 0.15) is 11.9 Å². The van der Waals surface area contributed by atoms with Crippen molar-refractivity contribution < 1.29 is 4.39 Å². The van der Waals surface area contributed by atoms with Crippen LogP contribution in [0.15, 0.2) is 53.0 Å². The molecule has 0 bridgehead atoms. The van der Waals surface area contributed by atoms with Gasteiger partial charge in [0.05, 0.1) is 6.07 Å². The van der Waals surface area contributed by atoms with Gasteiger partial charge in [-0.1, -0.05) is 28.1 Å². The smallest absolute Gasteiger partial charge is 0.140 e. The van der Waals surface area contributed by atoms with E-state index in [0.29, 0.717) is 5.56 Å². The molecule has 1 unspecified atom stereocenters. The van der Waals surface area contributed by atoms with E-state index in [1.54, 1.807) is 12.1 Å². The lowest BCUT2D eigenvalue weighted by molar-refractivity contribution is 0.625. The van der Waals surface area contributed by atoms with E-state index < -0.39 is 6.04 Å². The summed E-state index contributed by atoms with van der Waals surface area (Å²) in [5.74, 6) is -0.342. The van der Waals surface area contributed by atoms with Crippen molar-refractivity contribution >= 4 is 21.6 Å². The molecule has 2 aromatic carbocycles. The van der Waals surface area contributed by atoms with Crippen LogP contribution in [0, 0.1) is 17.1 Å². The second kappa shape index (κ2) is 5.65. The van der Waals surface area contributed by atoms with E-state index in [1.807, 2.05) is 24.3 Å². The first-order chi connectivity index (χ1) is 8.69. The van der Waals surface area contributed by atoms with Crippen molar-refractivity contribution in [2.75, 3.05) is 5.32 Å². The number of hydrogen-bond acceptors (Lipinski definition) is 2. The lowest BCUT2D eigenvalue weighted by atomic mass is 10.1. The largest absolute Gasteiger partial charge is 0.366 e. The fourth-order valence-electron chi connectivity index (χ4n) is 1.59. The lowest BCUT2D eigenvalue weighted by Crippen LogP contribution is -2.08. The van der Waals surface area contributed by atoms with Gasteiger partial charge in [-0.3, -0.25) is 0 Å². The quantitative estimate of drug-likeness (QED) is 0.919. The van der Waals surface area contributed by atoms with Gasteiger partial charge in [0.15, 0.2) is 0 Å². The average Bonchev–Trinajstić information content (AvgIpc) is 2.38. The van der Waals surface area contributed by atoms with Crippen molar-refractivity contribution in [1.82, 2.24) is 0 Å². The van der Waals surface area contributed by atoms with Gasteiger partial charge in [-0.15, -0.1) is 0 Å². The van der Waals surface area contributed by atoms with Gasteiger partial charge in [-0.25, -0.2) is 4.39 Å². The summed E-state index contributed by atoms with van der Waals surface area (Å²) in [6, 6.07) is 15.1. The summed E-state index contributed by atoms with van der Waals surface area (Å²) < 4.78 is 14.1. The molecule has 18 heavy (non-hydrogen) atoms.